The summed E-state index contributed by atoms with van der Waals surface area (Å²) in [5, 5.41) is 0. The van der Waals surface area contributed by atoms with Crippen molar-refractivity contribution in [2.45, 2.75) is 26.3 Å². The molecule has 2 aromatic heterocycles. The molecule has 0 unspecified atom stereocenters. The van der Waals surface area contributed by atoms with Crippen LogP contribution in [0.5, 0.6) is 5.75 Å². The fourth-order valence-corrected chi connectivity index (χ4v) is 3.35. The van der Waals surface area contributed by atoms with Crippen LogP contribution >= 0.6 is 0 Å². The van der Waals surface area contributed by atoms with Gasteiger partial charge in [0.05, 0.1) is 12.6 Å². The van der Waals surface area contributed by atoms with Crippen molar-refractivity contribution in [3.8, 4) is 16.9 Å². The number of rotatable bonds is 4. The van der Waals surface area contributed by atoms with Gasteiger partial charge in [-0.15, -0.1) is 0 Å². The van der Waals surface area contributed by atoms with Crippen molar-refractivity contribution in [3.63, 3.8) is 0 Å². The molecule has 0 saturated heterocycles. The highest BCUT2D eigenvalue weighted by atomic mass is 19.1. The van der Waals surface area contributed by atoms with Gasteiger partial charge in [-0.3, -0.25) is 14.1 Å². The van der Waals surface area contributed by atoms with Gasteiger partial charge in [-0.05, 0) is 36.5 Å². The average Bonchev–Trinajstić information content (AvgIpc) is 3.30. The summed E-state index contributed by atoms with van der Waals surface area (Å²) in [6.07, 6.45) is 5.37. The maximum absolute atomic E-state index is 15.3. The molecule has 5 nitrogen and oxygen atoms in total. The molecule has 2 heterocycles. The van der Waals surface area contributed by atoms with Crippen molar-refractivity contribution in [2.75, 3.05) is 7.11 Å². The molecular weight excluding hydrogens is 321 g/mol. The average molecular weight is 341 g/mol. The van der Waals surface area contributed by atoms with Crippen LogP contribution in [0, 0.1) is 11.2 Å². The van der Waals surface area contributed by atoms with E-state index in [9.17, 15) is 4.79 Å². The lowest BCUT2D eigenvalue weighted by atomic mass is 10.0. The van der Waals surface area contributed by atoms with Crippen molar-refractivity contribution in [2.24, 2.45) is 12.5 Å². The molecule has 25 heavy (non-hydrogen) atoms. The third-order valence-electron chi connectivity index (χ3n) is 5.17. The molecule has 6 heteroatoms. The number of hydrogen-bond donors (Lipinski definition) is 0. The van der Waals surface area contributed by atoms with Gasteiger partial charge in [0.1, 0.15) is 11.3 Å². The molecule has 1 aliphatic carbocycles. The number of aryl methyl sites for hydroxylation is 1. The van der Waals surface area contributed by atoms with Gasteiger partial charge in [0, 0.05) is 37.1 Å². The summed E-state index contributed by atoms with van der Waals surface area (Å²) in [6, 6.07) is 5.20. The van der Waals surface area contributed by atoms with Gasteiger partial charge in [-0.2, -0.15) is 0 Å². The Balaban J connectivity index is 1.95. The predicted octanol–water partition coefficient (Wildman–Crippen LogP) is 3.35. The summed E-state index contributed by atoms with van der Waals surface area (Å²) >= 11 is 0. The van der Waals surface area contributed by atoms with E-state index in [2.05, 4.69) is 11.9 Å². The van der Waals surface area contributed by atoms with Gasteiger partial charge in [0.2, 0.25) is 0 Å². The summed E-state index contributed by atoms with van der Waals surface area (Å²) < 4.78 is 23.7. The van der Waals surface area contributed by atoms with Crippen LogP contribution in [0.3, 0.4) is 0 Å². The molecule has 0 aliphatic heterocycles. The van der Waals surface area contributed by atoms with Crippen LogP contribution in [0.4, 0.5) is 4.39 Å². The molecular formula is C19H20FN3O2. The largest absolute Gasteiger partial charge is 0.496 e. The number of benzene rings is 1. The van der Waals surface area contributed by atoms with Gasteiger partial charge in [-0.1, -0.05) is 6.92 Å². The summed E-state index contributed by atoms with van der Waals surface area (Å²) in [5.74, 6) is 0.117. The van der Waals surface area contributed by atoms with Crippen LogP contribution in [0.1, 0.15) is 19.8 Å². The second-order valence-electron chi connectivity index (χ2n) is 7.11. The number of methoxy groups -OCH3 is 1. The lowest BCUT2D eigenvalue weighted by Gasteiger charge is -2.11. The van der Waals surface area contributed by atoms with Crippen LogP contribution in [0.25, 0.3) is 22.2 Å². The van der Waals surface area contributed by atoms with E-state index in [-0.39, 0.29) is 11.1 Å². The fraction of sp³-hybridized carbons (Fsp3) is 0.368. The molecule has 0 N–H and O–H groups in total. The van der Waals surface area contributed by atoms with E-state index in [0.29, 0.717) is 34.5 Å². The zero-order valence-electron chi connectivity index (χ0n) is 14.5. The molecule has 130 valence electrons. The van der Waals surface area contributed by atoms with Crippen molar-refractivity contribution in [1.82, 2.24) is 14.1 Å². The summed E-state index contributed by atoms with van der Waals surface area (Å²) in [5.41, 5.74) is 1.86. The molecule has 1 saturated carbocycles. The SMILES string of the molecule is COc1ccncc1-c1ccc2c(c1F)n(C)c(=O)n2CC1(C)CC1. The van der Waals surface area contributed by atoms with Crippen molar-refractivity contribution in [1.29, 1.82) is 0 Å². The minimum Gasteiger partial charge on any atom is -0.496 e. The van der Waals surface area contributed by atoms with Crippen LogP contribution < -0.4 is 10.4 Å². The second-order valence-corrected chi connectivity index (χ2v) is 7.11. The van der Waals surface area contributed by atoms with E-state index >= 15 is 4.39 Å². The predicted molar refractivity (Wildman–Crippen MR) is 94.3 cm³/mol. The first kappa shape index (κ1) is 15.9. The normalized spacial score (nSPS) is 15.5. The lowest BCUT2D eigenvalue weighted by Crippen LogP contribution is -2.25. The van der Waals surface area contributed by atoms with Gasteiger partial charge in [0.15, 0.2) is 5.82 Å². The third kappa shape index (κ3) is 2.44. The Hall–Kier alpha value is -2.63. The van der Waals surface area contributed by atoms with Crippen LogP contribution in [-0.4, -0.2) is 21.2 Å². The Labute approximate surface area is 144 Å². The summed E-state index contributed by atoms with van der Waals surface area (Å²) in [6.45, 7) is 2.78. The van der Waals surface area contributed by atoms with Gasteiger partial charge >= 0.3 is 5.69 Å². The Morgan fingerprint density at radius 2 is 2.04 bits per heavy atom. The number of nitrogens with zero attached hydrogens (tertiary/aromatic N) is 3. The standard InChI is InChI=1S/C19H20FN3O2/c1-19(7-8-19)11-23-14-5-4-12(13-10-21-9-6-15(13)25-3)16(20)17(14)22(2)18(23)24/h4-6,9-10H,7-8,11H2,1-3H3. The summed E-state index contributed by atoms with van der Waals surface area (Å²) in [4.78, 5) is 16.7. The molecule has 3 aromatic rings. The van der Waals surface area contributed by atoms with Crippen LogP contribution in [0.15, 0.2) is 35.4 Å². The smallest absolute Gasteiger partial charge is 0.328 e. The molecule has 0 amide bonds. The third-order valence-corrected chi connectivity index (χ3v) is 5.17. The number of hydrogen-bond acceptors (Lipinski definition) is 3. The number of halogens is 1. The summed E-state index contributed by atoms with van der Waals surface area (Å²) in [7, 11) is 3.15. The Kier molecular flexibility index (Phi) is 3.45. The number of pyridine rings is 1. The minimum atomic E-state index is -0.428. The first-order valence-electron chi connectivity index (χ1n) is 8.31. The first-order valence-corrected chi connectivity index (χ1v) is 8.31. The molecule has 1 aliphatic rings. The van der Waals surface area contributed by atoms with E-state index in [1.165, 1.54) is 11.7 Å². The quantitative estimate of drug-likeness (QED) is 0.731. The lowest BCUT2D eigenvalue weighted by molar-refractivity contribution is 0.415. The van der Waals surface area contributed by atoms with Gasteiger partial charge in [0.25, 0.3) is 0 Å². The second kappa shape index (κ2) is 5.44. The topological polar surface area (TPSA) is 49.1 Å². The molecule has 0 atom stereocenters. The number of imidazole rings is 1. The van der Waals surface area contributed by atoms with E-state index in [1.54, 1.807) is 36.1 Å². The molecule has 0 radical (unpaired) electrons. The van der Waals surface area contributed by atoms with E-state index < -0.39 is 5.82 Å². The highest BCUT2D eigenvalue weighted by molar-refractivity contribution is 5.85. The zero-order valence-corrected chi connectivity index (χ0v) is 14.5. The van der Waals surface area contributed by atoms with Gasteiger partial charge < -0.3 is 4.74 Å². The van der Waals surface area contributed by atoms with E-state index in [4.69, 9.17) is 4.74 Å². The Bertz CT molecular complexity index is 1030. The molecule has 0 spiro atoms. The zero-order chi connectivity index (χ0) is 17.8. The number of fused-ring (bicyclic) bond motifs is 1. The molecule has 1 aromatic carbocycles. The van der Waals surface area contributed by atoms with Crippen molar-refractivity contribution in [3.05, 3.63) is 46.9 Å². The molecule has 1 fully saturated rings. The van der Waals surface area contributed by atoms with Gasteiger partial charge in [-0.25, -0.2) is 9.18 Å². The van der Waals surface area contributed by atoms with Crippen LogP contribution in [0.2, 0.25) is 0 Å². The maximum atomic E-state index is 15.3. The highest BCUT2D eigenvalue weighted by Crippen LogP contribution is 2.46. The first-order chi connectivity index (χ1) is 11.9. The van der Waals surface area contributed by atoms with E-state index in [1.807, 2.05) is 6.07 Å². The number of aromatic nitrogens is 3. The molecule has 4 rings (SSSR count). The number of ether oxygens (including phenoxy) is 1. The maximum Gasteiger partial charge on any atom is 0.328 e. The minimum absolute atomic E-state index is 0.153. The van der Waals surface area contributed by atoms with Crippen molar-refractivity contribution >= 4 is 11.0 Å². The molecule has 0 bridgehead atoms. The van der Waals surface area contributed by atoms with Crippen molar-refractivity contribution < 1.29 is 9.13 Å². The van der Waals surface area contributed by atoms with Crippen LogP contribution in [-0.2, 0) is 13.6 Å². The fourth-order valence-electron chi connectivity index (χ4n) is 3.35. The highest BCUT2D eigenvalue weighted by Gasteiger charge is 2.38. The Morgan fingerprint density at radius 1 is 1.28 bits per heavy atom. The monoisotopic (exact) mass is 341 g/mol. The Morgan fingerprint density at radius 3 is 2.72 bits per heavy atom. The van der Waals surface area contributed by atoms with E-state index in [0.717, 1.165) is 12.8 Å².